The lowest BCUT2D eigenvalue weighted by atomic mass is 9.89. The fourth-order valence-corrected chi connectivity index (χ4v) is 4.87. The van der Waals surface area contributed by atoms with Gasteiger partial charge in [0.2, 0.25) is 0 Å². The van der Waals surface area contributed by atoms with Gasteiger partial charge in [-0.1, -0.05) is 25.0 Å². The number of benzene rings is 1. The molecule has 136 valence electrons. The van der Waals surface area contributed by atoms with Gasteiger partial charge in [-0.15, -0.1) is 0 Å². The summed E-state index contributed by atoms with van der Waals surface area (Å²) >= 11 is 0. The molecule has 2 N–H and O–H groups in total. The lowest BCUT2D eigenvalue weighted by Gasteiger charge is -2.38. The molecule has 1 aromatic rings. The van der Waals surface area contributed by atoms with Gasteiger partial charge in [0.05, 0.1) is 18.8 Å². The highest BCUT2D eigenvalue weighted by molar-refractivity contribution is 5.75. The number of carbonyl (C=O) groups excluding carboxylic acids is 1. The van der Waals surface area contributed by atoms with E-state index < -0.39 is 0 Å². The Bertz CT molecular complexity index is 640. The molecule has 0 bridgehead atoms. The molecule has 1 spiro atoms. The second kappa shape index (κ2) is 6.87. The summed E-state index contributed by atoms with van der Waals surface area (Å²) in [7, 11) is 1.70. The average Bonchev–Trinajstić information content (AvgIpc) is 3.22. The maximum atomic E-state index is 12.5. The van der Waals surface area contributed by atoms with Crippen LogP contribution in [0.2, 0.25) is 0 Å². The monoisotopic (exact) mass is 344 g/mol. The van der Waals surface area contributed by atoms with Crippen LogP contribution in [0.1, 0.15) is 62.1 Å². The fourth-order valence-electron chi connectivity index (χ4n) is 4.87. The highest BCUT2D eigenvalue weighted by Crippen LogP contribution is 2.40. The second-order valence-electron chi connectivity index (χ2n) is 7.67. The molecule has 1 aromatic carbocycles. The first-order valence-corrected chi connectivity index (χ1v) is 9.56. The van der Waals surface area contributed by atoms with Gasteiger partial charge in [0.15, 0.2) is 0 Å². The lowest BCUT2D eigenvalue weighted by Crippen LogP contribution is -2.50. The number of nitrogens with one attached hydrogen (secondary N) is 2. The van der Waals surface area contributed by atoms with E-state index in [1.165, 1.54) is 24.0 Å². The van der Waals surface area contributed by atoms with Crippen molar-refractivity contribution in [3.8, 4) is 5.75 Å². The lowest BCUT2D eigenvalue weighted by molar-refractivity contribution is -0.0820. The van der Waals surface area contributed by atoms with Gasteiger partial charge in [0, 0.05) is 12.6 Å². The number of methoxy groups -OCH3 is 1. The number of urea groups is 1. The van der Waals surface area contributed by atoms with Crippen LogP contribution < -0.4 is 15.4 Å². The number of hydrogen-bond donors (Lipinski definition) is 2. The topological polar surface area (TPSA) is 59.6 Å². The first-order valence-electron chi connectivity index (χ1n) is 9.56. The van der Waals surface area contributed by atoms with Crippen molar-refractivity contribution in [2.45, 2.75) is 69.1 Å². The Balaban J connectivity index is 1.36. The Morgan fingerprint density at radius 3 is 2.88 bits per heavy atom. The number of hydrogen-bond acceptors (Lipinski definition) is 3. The van der Waals surface area contributed by atoms with Crippen molar-refractivity contribution in [1.82, 2.24) is 10.6 Å². The van der Waals surface area contributed by atoms with Crippen molar-refractivity contribution in [3.63, 3.8) is 0 Å². The molecule has 0 aromatic heterocycles. The maximum absolute atomic E-state index is 12.5. The summed E-state index contributed by atoms with van der Waals surface area (Å²) in [6.45, 7) is 0.758. The number of amides is 2. The standard InChI is InChI=1S/C20H28N2O3/c1-24-18-6-4-5-15-16(18)7-8-17(15)22-19(23)21-14-9-12-25-20(13-14)10-2-3-11-20/h4-6,14,17H,2-3,7-13H2,1H3,(H2,21,22,23)/t14-,17+/m0/s1. The van der Waals surface area contributed by atoms with E-state index in [2.05, 4.69) is 16.7 Å². The third-order valence-corrected chi connectivity index (χ3v) is 6.10. The van der Waals surface area contributed by atoms with Gasteiger partial charge in [-0.3, -0.25) is 0 Å². The molecular formula is C20H28N2O3. The molecule has 1 aliphatic heterocycles. The minimum atomic E-state index is -0.0549. The summed E-state index contributed by atoms with van der Waals surface area (Å²) in [5, 5.41) is 6.36. The molecular weight excluding hydrogens is 316 g/mol. The predicted molar refractivity (Wildman–Crippen MR) is 95.9 cm³/mol. The van der Waals surface area contributed by atoms with Crippen LogP contribution in [0.5, 0.6) is 5.75 Å². The zero-order valence-corrected chi connectivity index (χ0v) is 15.0. The zero-order chi connectivity index (χ0) is 17.3. The molecule has 5 nitrogen and oxygen atoms in total. The number of rotatable bonds is 3. The van der Waals surface area contributed by atoms with E-state index >= 15 is 0 Å². The van der Waals surface area contributed by atoms with E-state index in [0.29, 0.717) is 0 Å². The molecule has 2 aliphatic carbocycles. The van der Waals surface area contributed by atoms with Gasteiger partial charge in [-0.05, 0) is 55.7 Å². The van der Waals surface area contributed by atoms with E-state index in [1.54, 1.807) is 7.11 Å². The Morgan fingerprint density at radius 1 is 1.24 bits per heavy atom. The van der Waals surface area contributed by atoms with Crippen LogP contribution in [-0.4, -0.2) is 31.4 Å². The van der Waals surface area contributed by atoms with Crippen LogP contribution >= 0.6 is 0 Å². The number of ether oxygens (including phenoxy) is 2. The molecule has 2 amide bonds. The molecule has 25 heavy (non-hydrogen) atoms. The van der Waals surface area contributed by atoms with Crippen molar-refractivity contribution in [3.05, 3.63) is 29.3 Å². The van der Waals surface area contributed by atoms with Gasteiger partial charge < -0.3 is 20.1 Å². The van der Waals surface area contributed by atoms with E-state index in [4.69, 9.17) is 9.47 Å². The number of fused-ring (bicyclic) bond motifs is 1. The largest absolute Gasteiger partial charge is 0.496 e. The van der Waals surface area contributed by atoms with Gasteiger partial charge in [0.25, 0.3) is 0 Å². The summed E-state index contributed by atoms with van der Waals surface area (Å²) in [6, 6.07) is 6.32. The summed E-state index contributed by atoms with van der Waals surface area (Å²) < 4.78 is 11.5. The van der Waals surface area contributed by atoms with E-state index in [0.717, 1.165) is 50.9 Å². The van der Waals surface area contributed by atoms with Crippen molar-refractivity contribution in [2.24, 2.45) is 0 Å². The van der Waals surface area contributed by atoms with Crippen LogP contribution in [0.15, 0.2) is 18.2 Å². The molecule has 4 rings (SSSR count). The van der Waals surface area contributed by atoms with E-state index in [1.807, 2.05) is 12.1 Å². The second-order valence-corrected chi connectivity index (χ2v) is 7.67. The van der Waals surface area contributed by atoms with Crippen molar-refractivity contribution < 1.29 is 14.3 Å². The SMILES string of the molecule is COc1cccc2c1CC[C@H]2NC(=O)N[C@H]1CCOC2(CCCC2)C1. The highest BCUT2D eigenvalue weighted by Gasteiger charge is 2.40. The molecule has 2 atom stereocenters. The summed E-state index contributed by atoms with van der Waals surface area (Å²) in [6.07, 6.45) is 8.52. The van der Waals surface area contributed by atoms with Crippen molar-refractivity contribution >= 4 is 6.03 Å². The van der Waals surface area contributed by atoms with Crippen molar-refractivity contribution in [1.29, 1.82) is 0 Å². The van der Waals surface area contributed by atoms with Gasteiger partial charge in [0.1, 0.15) is 5.75 Å². The third-order valence-electron chi connectivity index (χ3n) is 6.10. The molecule has 3 aliphatic rings. The number of carbonyl (C=O) groups is 1. The van der Waals surface area contributed by atoms with Gasteiger partial charge >= 0.3 is 6.03 Å². The maximum Gasteiger partial charge on any atom is 0.315 e. The third kappa shape index (κ3) is 3.34. The molecule has 5 heteroatoms. The summed E-state index contributed by atoms with van der Waals surface area (Å²) in [5.41, 5.74) is 2.45. The van der Waals surface area contributed by atoms with E-state index in [9.17, 15) is 4.79 Å². The molecule has 1 saturated carbocycles. The van der Waals surface area contributed by atoms with Crippen molar-refractivity contribution in [2.75, 3.05) is 13.7 Å². The van der Waals surface area contributed by atoms with Gasteiger partial charge in [-0.2, -0.15) is 0 Å². The first-order chi connectivity index (χ1) is 12.2. The summed E-state index contributed by atoms with van der Waals surface area (Å²) in [4.78, 5) is 12.5. The Hall–Kier alpha value is -1.75. The molecule has 1 heterocycles. The van der Waals surface area contributed by atoms with Crippen LogP contribution in [0, 0.1) is 0 Å². The Kier molecular flexibility index (Phi) is 4.59. The fraction of sp³-hybridized carbons (Fsp3) is 0.650. The smallest absolute Gasteiger partial charge is 0.315 e. The quantitative estimate of drug-likeness (QED) is 0.883. The van der Waals surface area contributed by atoms with Crippen LogP contribution in [0.4, 0.5) is 4.79 Å². The van der Waals surface area contributed by atoms with E-state index in [-0.39, 0.29) is 23.7 Å². The molecule has 0 radical (unpaired) electrons. The molecule has 1 saturated heterocycles. The molecule has 2 fully saturated rings. The molecule has 0 unspecified atom stereocenters. The average molecular weight is 344 g/mol. The minimum absolute atomic E-state index is 0.0313. The summed E-state index contributed by atoms with van der Waals surface area (Å²) in [5.74, 6) is 0.926. The Morgan fingerprint density at radius 2 is 2.08 bits per heavy atom. The van der Waals surface area contributed by atoms with Crippen LogP contribution in [0.25, 0.3) is 0 Å². The first kappa shape index (κ1) is 16.7. The predicted octanol–water partition coefficient (Wildman–Crippen LogP) is 3.47. The minimum Gasteiger partial charge on any atom is -0.496 e. The highest BCUT2D eigenvalue weighted by atomic mass is 16.5. The van der Waals surface area contributed by atoms with Gasteiger partial charge in [-0.25, -0.2) is 4.79 Å². The van der Waals surface area contributed by atoms with Crippen LogP contribution in [-0.2, 0) is 11.2 Å². The zero-order valence-electron chi connectivity index (χ0n) is 15.0. The Labute approximate surface area is 149 Å². The van der Waals surface area contributed by atoms with Crippen LogP contribution in [0.3, 0.4) is 0 Å². The normalized spacial score (nSPS) is 27.1.